The first-order chi connectivity index (χ1) is 55.1. The van der Waals surface area contributed by atoms with E-state index in [1.807, 2.05) is 78.9 Å². The van der Waals surface area contributed by atoms with E-state index in [1.165, 1.54) is 122 Å². The number of carbonyl (C=O) groups excluding carboxylic acids is 2. The minimum Gasteiger partial charge on any atom is -0.508 e. The number of phenolic OH excluding ortho intramolecular Hbond substituents is 2. The summed E-state index contributed by atoms with van der Waals surface area (Å²) < 4.78 is 30.7. The molecule has 7 unspecified atom stereocenters. The third-order valence-electron chi connectivity index (χ3n) is 28.9. The van der Waals surface area contributed by atoms with Gasteiger partial charge in [0.05, 0.1) is 16.4 Å². The van der Waals surface area contributed by atoms with Crippen LogP contribution in [0.4, 0.5) is 0 Å². The van der Waals surface area contributed by atoms with Gasteiger partial charge in [-0.05, 0) is 357 Å². The Labute approximate surface area is 692 Å². The van der Waals surface area contributed by atoms with Crippen molar-refractivity contribution < 1.29 is 43.5 Å². The van der Waals surface area contributed by atoms with Crippen LogP contribution in [0.25, 0.3) is 21.5 Å². The lowest BCUT2D eigenvalue weighted by molar-refractivity contribution is -0.225. The fourth-order valence-electron chi connectivity index (χ4n) is 22.8. The number of esters is 2. The molecular formula is C106H142O9. The monoisotopic (exact) mass is 1560 g/mol. The Hall–Kier alpha value is -7.62. The van der Waals surface area contributed by atoms with Crippen LogP contribution in [0.2, 0.25) is 0 Å². The molecule has 620 valence electrons. The van der Waals surface area contributed by atoms with E-state index in [1.54, 1.807) is 12.1 Å². The van der Waals surface area contributed by atoms with E-state index in [4.69, 9.17) is 23.7 Å². The summed E-state index contributed by atoms with van der Waals surface area (Å²) in [6, 6.07) is 57.0. The molecule has 12 bridgehead atoms. The number of hydrogen-bond donors (Lipinski definition) is 2. The summed E-state index contributed by atoms with van der Waals surface area (Å²) in [5, 5.41) is 23.6. The second-order valence-corrected chi connectivity index (χ2v) is 38.8. The molecule has 115 heavy (non-hydrogen) atoms. The molecule has 0 radical (unpaired) electrons. The largest absolute Gasteiger partial charge is 0.508 e. The molecule has 8 aromatic carbocycles. The van der Waals surface area contributed by atoms with E-state index in [0.717, 1.165) is 163 Å². The molecule has 0 spiro atoms. The van der Waals surface area contributed by atoms with E-state index in [2.05, 4.69) is 190 Å². The number of carbonyl (C=O) groups is 2. The summed E-state index contributed by atoms with van der Waals surface area (Å²) in [5.41, 5.74) is 7.22. The first-order valence-corrected chi connectivity index (χ1v) is 45.4. The van der Waals surface area contributed by atoms with Crippen LogP contribution in [-0.2, 0) is 14.3 Å². The first kappa shape index (κ1) is 86.7. The van der Waals surface area contributed by atoms with Gasteiger partial charge in [-0.1, -0.05) is 210 Å². The SMILES string of the molecule is CCC(C)c1ccc(O)c2ccccc12.CCC(C)c1ccc(OC(=O)C23CC4CC(CC(C4)C2)C3)c2ccccc12.CCC(C)c1ccc(OC(C)OC23CC4CC(CC(C4)C2)C3)cc1.CCC(C)c1ccccc1O.CCC(C)c1ccccc1OC(=O)C12CC3CC(CC(C3)C1)C2.CCC(C)c1ccccc1OC(C)(C)C. The molecule has 0 aliphatic heterocycles. The third-order valence-corrected chi connectivity index (χ3v) is 28.9. The molecule has 2 N–H and O–H groups in total. The Balaban J connectivity index is 0.000000131. The average Bonchev–Trinajstić information content (AvgIpc) is 0.758. The summed E-state index contributed by atoms with van der Waals surface area (Å²) in [4.78, 5) is 26.5. The van der Waals surface area contributed by atoms with Crippen molar-refractivity contribution in [2.24, 2.45) is 64.1 Å². The summed E-state index contributed by atoms with van der Waals surface area (Å²) >= 11 is 0. The van der Waals surface area contributed by atoms with E-state index in [-0.39, 0.29) is 40.3 Å². The van der Waals surface area contributed by atoms with E-state index < -0.39 is 0 Å². The molecule has 0 heterocycles. The first-order valence-electron chi connectivity index (χ1n) is 45.4. The normalized spacial score (nSPS) is 27.2. The lowest BCUT2D eigenvalue weighted by atomic mass is 9.49. The number of phenols is 2. The minimum atomic E-state index is -0.203. The number of rotatable bonds is 21. The van der Waals surface area contributed by atoms with Gasteiger partial charge in [-0.2, -0.15) is 0 Å². The van der Waals surface area contributed by atoms with Crippen molar-refractivity contribution in [2.75, 3.05) is 0 Å². The quantitative estimate of drug-likeness (QED) is 0.0412. The summed E-state index contributed by atoms with van der Waals surface area (Å²) in [5.74, 6) is 14.8. The van der Waals surface area contributed by atoms with E-state index in [0.29, 0.717) is 47.0 Å². The predicted molar refractivity (Wildman–Crippen MR) is 474 cm³/mol. The van der Waals surface area contributed by atoms with Gasteiger partial charge < -0.3 is 33.9 Å². The number of para-hydroxylation sites is 3. The molecule has 12 aliphatic carbocycles. The Morgan fingerprint density at radius 2 is 0.687 bits per heavy atom. The maximum atomic E-state index is 13.4. The molecule has 12 saturated carbocycles. The van der Waals surface area contributed by atoms with Gasteiger partial charge in [-0.25, -0.2) is 0 Å². The van der Waals surface area contributed by atoms with Gasteiger partial charge in [0, 0.05) is 10.8 Å². The van der Waals surface area contributed by atoms with Gasteiger partial charge in [0.2, 0.25) is 0 Å². The van der Waals surface area contributed by atoms with Crippen molar-refractivity contribution in [1.29, 1.82) is 0 Å². The fraction of sp³-hybridized carbons (Fsp3) is 0.566. The second-order valence-electron chi connectivity index (χ2n) is 38.8. The number of aromatic hydroxyl groups is 2. The van der Waals surface area contributed by atoms with Crippen LogP contribution in [-0.4, -0.2) is 39.6 Å². The van der Waals surface area contributed by atoms with Crippen molar-refractivity contribution in [3.8, 4) is 34.5 Å². The molecule has 0 aromatic heterocycles. The molecule has 8 aromatic rings. The van der Waals surface area contributed by atoms with E-state index in [9.17, 15) is 19.8 Å². The highest BCUT2D eigenvalue weighted by atomic mass is 16.7. The molecule has 20 rings (SSSR count). The lowest BCUT2D eigenvalue weighted by Crippen LogP contribution is -2.53. The Morgan fingerprint density at radius 1 is 0.348 bits per heavy atom. The highest BCUT2D eigenvalue weighted by molar-refractivity contribution is 5.94. The molecule has 9 heteroatoms. The second kappa shape index (κ2) is 38.4. The van der Waals surface area contributed by atoms with Gasteiger partial charge in [0.1, 0.15) is 40.1 Å². The van der Waals surface area contributed by atoms with Crippen molar-refractivity contribution >= 4 is 33.5 Å². The zero-order valence-corrected chi connectivity index (χ0v) is 73.1. The smallest absolute Gasteiger partial charge is 0.317 e. The van der Waals surface area contributed by atoms with Crippen LogP contribution in [0, 0.1) is 64.1 Å². The van der Waals surface area contributed by atoms with Crippen LogP contribution in [0.1, 0.15) is 334 Å². The van der Waals surface area contributed by atoms with Crippen molar-refractivity contribution in [3.05, 3.63) is 203 Å². The molecule has 0 saturated heterocycles. The highest BCUT2D eigenvalue weighted by Gasteiger charge is 2.58. The lowest BCUT2D eigenvalue weighted by Gasteiger charge is -2.56. The number of ether oxygens (including phenoxy) is 5. The molecule has 9 nitrogen and oxygen atoms in total. The summed E-state index contributed by atoms with van der Waals surface area (Å²) in [7, 11) is 0. The van der Waals surface area contributed by atoms with Crippen molar-refractivity contribution in [1.82, 2.24) is 0 Å². The topological polar surface area (TPSA) is 121 Å². The Morgan fingerprint density at radius 3 is 1.12 bits per heavy atom. The van der Waals surface area contributed by atoms with E-state index >= 15 is 0 Å². The molecule has 12 fully saturated rings. The van der Waals surface area contributed by atoms with Crippen molar-refractivity contribution in [3.63, 3.8) is 0 Å². The molecule has 12 aliphatic rings. The maximum Gasteiger partial charge on any atom is 0.317 e. The number of hydrogen-bond acceptors (Lipinski definition) is 9. The van der Waals surface area contributed by atoms with Gasteiger partial charge in [0.15, 0.2) is 6.29 Å². The Bertz CT molecular complexity index is 4370. The predicted octanol–water partition coefficient (Wildman–Crippen LogP) is 29.0. The average molecular weight is 1560 g/mol. The standard InChI is InChI=1S/C25H30O2.C22H32O2.C21H28O2.C14H16O.C14H22O.C10H14O/c1-3-16(2)20-8-9-23(22-7-5-4-6-21(20)22)27-24(26)25-13-17-10-18(14-25)12-19(11-17)15-25;1-4-15(2)20-5-7-21(8-6-20)23-16(3)24-22-12-17-9-18(13-22)11-19(10-17)14-22;1-3-14(2)18-6-4-5-7-19(18)23-20(22)21-11-15-8-16(12-21)10-17(9-15)13-21;1-3-10(2)11-8-9-14(15)13-7-5-4-6-12(11)13;1-6-11(2)12-9-7-8-10-13(12)15-14(3,4)5;1-3-8(2)9-6-4-5-7-10(9)11/h4-9,16-19H,3,10-15H2,1-2H3;5-8,15-19H,4,9-14H2,1-3H3;4-7,14-17H,3,8-13H2,1-2H3;4-10,15H,3H2,1-2H3;7-11H,6H2,1-5H3;4-8,11H,3H2,1-2H3. The van der Waals surface area contributed by atoms with Gasteiger partial charge >= 0.3 is 11.9 Å². The zero-order valence-electron chi connectivity index (χ0n) is 73.1. The summed E-state index contributed by atoms with van der Waals surface area (Å²) in [6.07, 6.45) is 29.2. The van der Waals surface area contributed by atoms with Crippen LogP contribution in [0.5, 0.6) is 34.5 Å². The highest BCUT2D eigenvalue weighted by Crippen LogP contribution is 2.63. The molecule has 0 amide bonds. The van der Waals surface area contributed by atoms with Gasteiger partial charge in [-0.3, -0.25) is 9.59 Å². The van der Waals surface area contributed by atoms with Crippen LogP contribution >= 0.6 is 0 Å². The fourth-order valence-corrected chi connectivity index (χ4v) is 22.8. The maximum absolute atomic E-state index is 13.4. The van der Waals surface area contributed by atoms with Crippen LogP contribution in [0.15, 0.2) is 170 Å². The van der Waals surface area contributed by atoms with Gasteiger partial charge in [0.25, 0.3) is 0 Å². The van der Waals surface area contributed by atoms with Crippen molar-refractivity contribution in [2.45, 2.75) is 318 Å². The number of fused-ring (bicyclic) bond motifs is 2. The minimum absolute atomic E-state index is 0.0445. The number of benzene rings is 8. The van der Waals surface area contributed by atoms with Crippen LogP contribution < -0.4 is 18.9 Å². The molecular weight excluding hydrogens is 1420 g/mol. The zero-order chi connectivity index (χ0) is 81.9. The van der Waals surface area contributed by atoms with Crippen LogP contribution in [0.3, 0.4) is 0 Å². The molecule has 7 atom stereocenters. The third kappa shape index (κ3) is 21.1. The van der Waals surface area contributed by atoms with Gasteiger partial charge in [-0.15, -0.1) is 0 Å². The Kier molecular flexibility index (Phi) is 29.0. The summed E-state index contributed by atoms with van der Waals surface area (Å²) in [6.45, 7) is 34.8.